The number of fused-ring (bicyclic) bond motifs is 1. The number of methoxy groups -OCH3 is 1. The molecule has 19 heavy (non-hydrogen) atoms. The second-order valence-corrected chi connectivity index (χ2v) is 5.39. The van der Waals surface area contributed by atoms with Crippen LogP contribution < -0.4 is 10.1 Å². The summed E-state index contributed by atoms with van der Waals surface area (Å²) in [6.45, 7) is 0. The first-order chi connectivity index (χ1) is 9.28. The molecule has 2 aromatic rings. The molecular weight excluding hydrogens is 304 g/mol. The quantitative estimate of drug-likeness (QED) is 0.870. The number of benzene rings is 1. The van der Waals surface area contributed by atoms with E-state index in [4.69, 9.17) is 4.74 Å². The summed E-state index contributed by atoms with van der Waals surface area (Å²) in [4.78, 5) is 4.24. The molecule has 1 atom stereocenters. The Hall–Kier alpha value is -1.55. The molecule has 1 heterocycles. The summed E-state index contributed by atoms with van der Waals surface area (Å²) >= 11 is 3.47. The predicted molar refractivity (Wildman–Crippen MR) is 79.6 cm³/mol. The van der Waals surface area contributed by atoms with Crippen LogP contribution in [0.5, 0.6) is 5.75 Å². The van der Waals surface area contributed by atoms with E-state index in [0.717, 1.165) is 28.9 Å². The van der Waals surface area contributed by atoms with E-state index in [-0.39, 0.29) is 0 Å². The molecular formula is C15H15BrN2O. The van der Waals surface area contributed by atoms with Gasteiger partial charge in [-0.3, -0.25) is 0 Å². The van der Waals surface area contributed by atoms with Crippen molar-refractivity contribution >= 4 is 21.6 Å². The van der Waals surface area contributed by atoms with Crippen molar-refractivity contribution in [1.82, 2.24) is 4.98 Å². The van der Waals surface area contributed by atoms with Gasteiger partial charge in [0.15, 0.2) is 0 Å². The molecule has 0 aliphatic heterocycles. The second-order valence-electron chi connectivity index (χ2n) is 4.64. The van der Waals surface area contributed by atoms with Crippen LogP contribution in [0.4, 0.5) is 5.69 Å². The van der Waals surface area contributed by atoms with E-state index in [0.29, 0.717) is 6.04 Å². The van der Waals surface area contributed by atoms with E-state index < -0.39 is 0 Å². The number of aromatic nitrogens is 1. The highest BCUT2D eigenvalue weighted by molar-refractivity contribution is 9.10. The lowest BCUT2D eigenvalue weighted by atomic mass is 10.1. The smallest absolute Gasteiger partial charge is 0.129 e. The maximum atomic E-state index is 5.31. The third kappa shape index (κ3) is 2.45. The molecule has 1 N–H and O–H groups in total. The summed E-state index contributed by atoms with van der Waals surface area (Å²) in [5, 5.41) is 3.55. The number of anilines is 1. The fraction of sp³-hybridized carbons (Fsp3) is 0.267. The zero-order valence-corrected chi connectivity index (χ0v) is 12.3. The highest BCUT2D eigenvalue weighted by atomic mass is 79.9. The first-order valence-electron chi connectivity index (χ1n) is 6.32. The van der Waals surface area contributed by atoms with E-state index in [9.17, 15) is 0 Å². The van der Waals surface area contributed by atoms with Crippen molar-refractivity contribution in [2.75, 3.05) is 12.4 Å². The number of pyridine rings is 1. The van der Waals surface area contributed by atoms with E-state index in [1.165, 1.54) is 11.1 Å². The van der Waals surface area contributed by atoms with E-state index in [2.05, 4.69) is 38.4 Å². The van der Waals surface area contributed by atoms with Gasteiger partial charge in [-0.05, 0) is 64.2 Å². The Kier molecular flexibility index (Phi) is 3.42. The van der Waals surface area contributed by atoms with Crippen LogP contribution in [0.15, 0.2) is 41.1 Å². The summed E-state index contributed by atoms with van der Waals surface area (Å²) in [5.74, 6) is 0.915. The molecule has 1 aliphatic carbocycles. The molecule has 3 nitrogen and oxygen atoms in total. The van der Waals surface area contributed by atoms with Gasteiger partial charge in [-0.2, -0.15) is 0 Å². The van der Waals surface area contributed by atoms with Gasteiger partial charge in [0, 0.05) is 6.20 Å². The molecule has 3 rings (SSSR count). The average Bonchev–Trinajstić information content (AvgIpc) is 2.84. The zero-order valence-electron chi connectivity index (χ0n) is 10.7. The van der Waals surface area contributed by atoms with Crippen LogP contribution in [-0.4, -0.2) is 12.1 Å². The topological polar surface area (TPSA) is 34.1 Å². The molecule has 0 spiro atoms. The van der Waals surface area contributed by atoms with Crippen LogP contribution >= 0.6 is 15.9 Å². The van der Waals surface area contributed by atoms with Crippen molar-refractivity contribution in [3.05, 3.63) is 52.3 Å². The molecule has 4 heteroatoms. The molecule has 98 valence electrons. The molecule has 0 fully saturated rings. The van der Waals surface area contributed by atoms with Gasteiger partial charge in [0.25, 0.3) is 0 Å². The maximum Gasteiger partial charge on any atom is 0.129 e. The number of hydrogen-bond donors (Lipinski definition) is 1. The van der Waals surface area contributed by atoms with Gasteiger partial charge in [0.2, 0.25) is 0 Å². The highest BCUT2D eigenvalue weighted by Gasteiger charge is 2.23. The monoisotopic (exact) mass is 318 g/mol. The van der Waals surface area contributed by atoms with Crippen LogP contribution in [0.2, 0.25) is 0 Å². The molecule has 1 aromatic heterocycles. The Morgan fingerprint density at radius 2 is 2.26 bits per heavy atom. The third-order valence-electron chi connectivity index (χ3n) is 3.52. The molecule has 0 amide bonds. The largest absolute Gasteiger partial charge is 0.497 e. The Morgan fingerprint density at radius 3 is 3.05 bits per heavy atom. The maximum absolute atomic E-state index is 5.31. The lowest BCUT2D eigenvalue weighted by Gasteiger charge is -2.16. The number of rotatable bonds is 3. The van der Waals surface area contributed by atoms with Gasteiger partial charge < -0.3 is 10.1 Å². The lowest BCUT2D eigenvalue weighted by molar-refractivity contribution is 0.414. The molecule has 0 bridgehead atoms. The van der Waals surface area contributed by atoms with E-state index in [1.807, 2.05) is 18.2 Å². The summed E-state index contributed by atoms with van der Waals surface area (Å²) in [6, 6.07) is 10.6. The van der Waals surface area contributed by atoms with Gasteiger partial charge in [-0.1, -0.05) is 6.07 Å². The first kappa shape index (κ1) is 12.5. The molecule has 0 saturated heterocycles. The van der Waals surface area contributed by atoms with E-state index in [1.54, 1.807) is 13.3 Å². The summed E-state index contributed by atoms with van der Waals surface area (Å²) < 4.78 is 6.17. The van der Waals surface area contributed by atoms with Gasteiger partial charge in [-0.15, -0.1) is 0 Å². The SMILES string of the molecule is COc1ccc2c(c1)C(Nc1cccnc1Br)CC2. The first-order valence-corrected chi connectivity index (χ1v) is 7.11. The van der Waals surface area contributed by atoms with Crippen LogP contribution in [0, 0.1) is 0 Å². The van der Waals surface area contributed by atoms with Gasteiger partial charge in [0.05, 0.1) is 18.8 Å². The summed E-state index contributed by atoms with van der Waals surface area (Å²) in [5.41, 5.74) is 3.76. The predicted octanol–water partition coefficient (Wildman–Crippen LogP) is 3.95. The van der Waals surface area contributed by atoms with Crippen LogP contribution in [0.1, 0.15) is 23.6 Å². The Bertz CT molecular complexity index is 600. The minimum atomic E-state index is 0.325. The molecule has 1 aromatic carbocycles. The Morgan fingerprint density at radius 1 is 1.37 bits per heavy atom. The number of aryl methyl sites for hydroxylation is 1. The fourth-order valence-corrected chi connectivity index (χ4v) is 2.90. The number of ether oxygens (including phenoxy) is 1. The fourth-order valence-electron chi connectivity index (χ4n) is 2.54. The standard InChI is InChI=1S/C15H15BrN2O/c1-19-11-6-4-10-5-7-13(12(10)9-11)18-14-3-2-8-17-15(14)16/h2-4,6,8-9,13,18H,5,7H2,1H3. The van der Waals surface area contributed by atoms with Crippen molar-refractivity contribution in [1.29, 1.82) is 0 Å². The highest BCUT2D eigenvalue weighted by Crippen LogP contribution is 2.37. The van der Waals surface area contributed by atoms with Crippen molar-refractivity contribution in [2.45, 2.75) is 18.9 Å². The Balaban J connectivity index is 1.88. The number of hydrogen-bond acceptors (Lipinski definition) is 3. The van der Waals surface area contributed by atoms with E-state index >= 15 is 0 Å². The van der Waals surface area contributed by atoms with Crippen LogP contribution in [-0.2, 0) is 6.42 Å². The van der Waals surface area contributed by atoms with Crippen molar-refractivity contribution in [2.24, 2.45) is 0 Å². The van der Waals surface area contributed by atoms with Crippen molar-refractivity contribution in [3.8, 4) is 5.75 Å². The minimum absolute atomic E-state index is 0.325. The minimum Gasteiger partial charge on any atom is -0.497 e. The summed E-state index contributed by atoms with van der Waals surface area (Å²) in [6.07, 6.45) is 3.99. The lowest BCUT2D eigenvalue weighted by Crippen LogP contribution is -2.08. The van der Waals surface area contributed by atoms with Crippen LogP contribution in [0.3, 0.4) is 0 Å². The molecule has 1 aliphatic rings. The summed E-state index contributed by atoms with van der Waals surface area (Å²) in [7, 11) is 1.71. The Labute approximate surface area is 121 Å². The zero-order chi connectivity index (χ0) is 13.2. The van der Waals surface area contributed by atoms with Gasteiger partial charge >= 0.3 is 0 Å². The number of nitrogens with one attached hydrogen (secondary N) is 1. The molecule has 1 unspecified atom stereocenters. The molecule has 0 saturated carbocycles. The van der Waals surface area contributed by atoms with Crippen molar-refractivity contribution in [3.63, 3.8) is 0 Å². The van der Waals surface area contributed by atoms with Gasteiger partial charge in [0.1, 0.15) is 10.4 Å². The second kappa shape index (κ2) is 5.21. The van der Waals surface area contributed by atoms with Crippen LogP contribution in [0.25, 0.3) is 0 Å². The average molecular weight is 319 g/mol. The third-order valence-corrected chi connectivity index (χ3v) is 4.15. The number of halogens is 1. The number of nitrogens with zero attached hydrogens (tertiary/aromatic N) is 1. The van der Waals surface area contributed by atoms with Gasteiger partial charge in [-0.25, -0.2) is 4.98 Å². The van der Waals surface area contributed by atoms with Crippen molar-refractivity contribution < 1.29 is 4.74 Å². The normalized spacial score (nSPS) is 17.1. The molecule has 0 radical (unpaired) electrons.